The monoisotopic (exact) mass is 364 g/mol. The third-order valence-electron chi connectivity index (χ3n) is 5.70. The van der Waals surface area contributed by atoms with Gasteiger partial charge in [-0.1, -0.05) is 48.2 Å². The van der Waals surface area contributed by atoms with Gasteiger partial charge in [0.25, 0.3) is 5.91 Å². The average molecular weight is 364 g/mol. The number of anilines is 1. The lowest BCUT2D eigenvalue weighted by Crippen LogP contribution is -2.53. The molecule has 2 aromatic rings. The number of amides is 2. The first-order valence-corrected chi connectivity index (χ1v) is 10.0. The molecule has 0 radical (unpaired) electrons. The molecule has 0 aromatic heterocycles. The van der Waals surface area contributed by atoms with Crippen LogP contribution in [-0.4, -0.2) is 16.7 Å². The number of nitrogens with one attached hydrogen (secondary N) is 1. The zero-order valence-electron chi connectivity index (χ0n) is 14.4. The fourth-order valence-corrected chi connectivity index (χ4v) is 5.89. The number of para-hydroxylation sites is 1. The highest BCUT2D eigenvalue weighted by Gasteiger charge is 2.57. The highest BCUT2D eigenvalue weighted by atomic mass is 32.2. The molecule has 0 bridgehead atoms. The van der Waals surface area contributed by atoms with Crippen LogP contribution in [0.4, 0.5) is 5.69 Å². The number of carbonyl (C=O) groups excluding carboxylic acids is 2. The van der Waals surface area contributed by atoms with Gasteiger partial charge in [-0.25, -0.2) is 0 Å². The standard InChI is InChI=1S/C21H20N2O2S/c24-19-12-13-21(23(19)17-10-3-4-11-18(17)26-21)20(25)22-16-9-5-7-14-6-1-2-8-15(14)16/h1-4,6,8,10-11,16H,5,7,9,12-13H2,(H,22,25)/t16-,21+/m1/s1. The Morgan fingerprint density at radius 2 is 1.92 bits per heavy atom. The van der Waals surface area contributed by atoms with Crippen molar-refractivity contribution in [3.05, 3.63) is 59.7 Å². The summed E-state index contributed by atoms with van der Waals surface area (Å²) < 4.78 is 0. The molecule has 2 heterocycles. The Balaban J connectivity index is 1.47. The summed E-state index contributed by atoms with van der Waals surface area (Å²) in [6, 6.07) is 16.2. The van der Waals surface area contributed by atoms with Gasteiger partial charge in [0.15, 0.2) is 4.87 Å². The number of thioether (sulfide) groups is 1. The first-order chi connectivity index (χ1) is 12.7. The van der Waals surface area contributed by atoms with Crippen LogP contribution >= 0.6 is 11.8 Å². The third kappa shape index (κ3) is 2.23. The Bertz CT molecular complexity index is 912. The van der Waals surface area contributed by atoms with E-state index in [-0.39, 0.29) is 17.9 Å². The van der Waals surface area contributed by atoms with Crippen LogP contribution in [0.2, 0.25) is 0 Å². The van der Waals surface area contributed by atoms with Crippen LogP contribution in [-0.2, 0) is 16.0 Å². The van der Waals surface area contributed by atoms with Gasteiger partial charge in [0.2, 0.25) is 5.91 Å². The van der Waals surface area contributed by atoms with Crippen molar-refractivity contribution in [2.75, 3.05) is 4.90 Å². The van der Waals surface area contributed by atoms with Crippen LogP contribution in [0.25, 0.3) is 0 Å². The molecule has 26 heavy (non-hydrogen) atoms. The van der Waals surface area contributed by atoms with Gasteiger partial charge in [-0.3, -0.25) is 14.5 Å². The van der Waals surface area contributed by atoms with Crippen LogP contribution in [0.5, 0.6) is 0 Å². The van der Waals surface area contributed by atoms with E-state index in [1.165, 1.54) is 22.9 Å². The summed E-state index contributed by atoms with van der Waals surface area (Å²) in [6.07, 6.45) is 4.08. The Labute approximate surface area is 157 Å². The quantitative estimate of drug-likeness (QED) is 0.882. The van der Waals surface area contributed by atoms with E-state index in [4.69, 9.17) is 0 Å². The largest absolute Gasteiger partial charge is 0.346 e. The van der Waals surface area contributed by atoms with E-state index in [9.17, 15) is 9.59 Å². The summed E-state index contributed by atoms with van der Waals surface area (Å²) >= 11 is 1.53. The van der Waals surface area contributed by atoms with Crippen molar-refractivity contribution in [3.63, 3.8) is 0 Å². The summed E-state index contributed by atoms with van der Waals surface area (Å²) in [5.41, 5.74) is 3.42. The summed E-state index contributed by atoms with van der Waals surface area (Å²) in [6.45, 7) is 0. The maximum absolute atomic E-state index is 13.4. The topological polar surface area (TPSA) is 49.4 Å². The van der Waals surface area contributed by atoms with Crippen molar-refractivity contribution in [3.8, 4) is 0 Å². The van der Waals surface area contributed by atoms with Crippen molar-refractivity contribution in [2.24, 2.45) is 0 Å². The number of nitrogens with zero attached hydrogens (tertiary/aromatic N) is 1. The zero-order chi connectivity index (χ0) is 17.7. The van der Waals surface area contributed by atoms with Crippen molar-refractivity contribution < 1.29 is 9.59 Å². The number of carbonyl (C=O) groups is 2. The Kier molecular flexibility index (Phi) is 3.60. The molecule has 5 heteroatoms. The molecule has 1 saturated heterocycles. The molecule has 2 aliphatic heterocycles. The molecular weight excluding hydrogens is 344 g/mol. The first-order valence-electron chi connectivity index (χ1n) is 9.19. The predicted molar refractivity (Wildman–Crippen MR) is 102 cm³/mol. The van der Waals surface area contributed by atoms with E-state index in [0.29, 0.717) is 12.8 Å². The van der Waals surface area contributed by atoms with Crippen molar-refractivity contribution in [1.29, 1.82) is 0 Å². The number of rotatable bonds is 2. The van der Waals surface area contributed by atoms with Gasteiger partial charge in [-0.2, -0.15) is 0 Å². The minimum absolute atomic E-state index is 0.0312. The maximum atomic E-state index is 13.4. The second kappa shape index (κ2) is 5.88. The van der Waals surface area contributed by atoms with Crippen molar-refractivity contribution in [1.82, 2.24) is 5.32 Å². The van der Waals surface area contributed by atoms with Gasteiger partial charge >= 0.3 is 0 Å². The van der Waals surface area contributed by atoms with Crippen LogP contribution in [0.3, 0.4) is 0 Å². The summed E-state index contributed by atoms with van der Waals surface area (Å²) in [4.78, 5) is 27.9. The molecule has 2 atom stereocenters. The molecule has 0 unspecified atom stereocenters. The lowest BCUT2D eigenvalue weighted by atomic mass is 9.87. The molecule has 3 aliphatic rings. The van der Waals surface area contributed by atoms with Crippen LogP contribution in [0.15, 0.2) is 53.4 Å². The number of benzene rings is 2. The first kappa shape index (κ1) is 15.9. The van der Waals surface area contributed by atoms with Crippen molar-refractivity contribution in [2.45, 2.75) is 47.9 Å². The van der Waals surface area contributed by atoms with Crippen LogP contribution < -0.4 is 10.2 Å². The normalized spacial score (nSPS) is 26.2. The lowest BCUT2D eigenvalue weighted by molar-refractivity contribution is -0.125. The second-order valence-corrected chi connectivity index (χ2v) is 8.52. The Morgan fingerprint density at radius 1 is 1.12 bits per heavy atom. The minimum Gasteiger partial charge on any atom is -0.346 e. The summed E-state index contributed by atoms with van der Waals surface area (Å²) in [7, 11) is 0. The number of fused-ring (bicyclic) bond motifs is 4. The van der Waals surface area contributed by atoms with Crippen molar-refractivity contribution >= 4 is 29.3 Å². The van der Waals surface area contributed by atoms with E-state index >= 15 is 0 Å². The number of hydrogen-bond acceptors (Lipinski definition) is 3. The molecule has 1 N–H and O–H groups in total. The Hall–Kier alpha value is -2.27. The summed E-state index contributed by atoms with van der Waals surface area (Å²) in [5, 5.41) is 3.28. The molecule has 1 fully saturated rings. The fourth-order valence-electron chi connectivity index (χ4n) is 4.47. The molecule has 5 rings (SSSR count). The van der Waals surface area contributed by atoms with Gasteiger partial charge in [0.05, 0.1) is 11.7 Å². The van der Waals surface area contributed by atoms with Crippen LogP contribution in [0.1, 0.15) is 42.9 Å². The predicted octanol–water partition coefficient (Wildman–Crippen LogP) is 3.81. The molecule has 2 amide bonds. The lowest BCUT2D eigenvalue weighted by Gasteiger charge is -2.33. The number of hydrogen-bond donors (Lipinski definition) is 1. The minimum atomic E-state index is -0.826. The van der Waals surface area contributed by atoms with Gasteiger partial charge in [-0.15, -0.1) is 0 Å². The van der Waals surface area contributed by atoms with E-state index in [2.05, 4.69) is 23.5 Å². The zero-order valence-corrected chi connectivity index (χ0v) is 15.2. The molecule has 1 aliphatic carbocycles. The van der Waals surface area contributed by atoms with Gasteiger partial charge < -0.3 is 5.32 Å². The number of aryl methyl sites for hydroxylation is 1. The molecular formula is C21H20N2O2S. The van der Waals surface area contributed by atoms with Gasteiger partial charge in [-0.05, 0) is 48.9 Å². The molecule has 4 nitrogen and oxygen atoms in total. The molecule has 0 saturated carbocycles. The van der Waals surface area contributed by atoms with E-state index in [0.717, 1.165) is 29.8 Å². The Morgan fingerprint density at radius 3 is 2.85 bits per heavy atom. The second-order valence-electron chi connectivity index (χ2n) is 7.20. The smallest absolute Gasteiger partial charge is 0.257 e. The molecule has 132 valence electrons. The van der Waals surface area contributed by atoms with Gasteiger partial charge in [0, 0.05) is 11.3 Å². The highest BCUT2D eigenvalue weighted by Crippen LogP contribution is 2.56. The van der Waals surface area contributed by atoms with Gasteiger partial charge in [0.1, 0.15) is 0 Å². The molecule has 0 spiro atoms. The summed E-state index contributed by atoms with van der Waals surface area (Å²) in [5.74, 6) is 0.00731. The van der Waals surface area contributed by atoms with E-state index in [1.54, 1.807) is 4.90 Å². The molecule has 2 aromatic carbocycles. The highest BCUT2D eigenvalue weighted by molar-refractivity contribution is 8.02. The van der Waals surface area contributed by atoms with E-state index in [1.807, 2.05) is 30.3 Å². The van der Waals surface area contributed by atoms with E-state index < -0.39 is 4.87 Å². The average Bonchev–Trinajstić information content (AvgIpc) is 3.18. The third-order valence-corrected chi connectivity index (χ3v) is 7.18. The maximum Gasteiger partial charge on any atom is 0.257 e. The van der Waals surface area contributed by atoms with Crippen LogP contribution in [0, 0.1) is 0 Å². The SMILES string of the molecule is O=C1CC[C@@]2(C(=O)N[C@@H]3CCCc4ccccc43)Sc3ccccc3N12. The fraction of sp³-hybridized carbons (Fsp3) is 0.333.